The molecular weight excluding hydrogens is 495 g/mol. The van der Waals surface area contributed by atoms with Gasteiger partial charge in [0.05, 0.1) is 12.6 Å². The number of aliphatic imine (C=N–C) groups is 1. The van der Waals surface area contributed by atoms with E-state index in [0.717, 1.165) is 37.0 Å². The Kier molecular flexibility index (Phi) is 9.88. The van der Waals surface area contributed by atoms with Crippen LogP contribution < -0.4 is 10.6 Å². The first kappa shape index (κ1) is 24.1. The van der Waals surface area contributed by atoms with Crippen LogP contribution in [0.5, 0.6) is 0 Å². The van der Waals surface area contributed by atoms with Crippen LogP contribution in [0.15, 0.2) is 52.8 Å². The molecule has 2 atom stereocenters. The van der Waals surface area contributed by atoms with Crippen molar-refractivity contribution in [3.63, 3.8) is 0 Å². The lowest BCUT2D eigenvalue weighted by molar-refractivity contribution is 0.0711. The number of benzene rings is 1. The summed E-state index contributed by atoms with van der Waals surface area (Å²) in [4.78, 5) is 8.15. The van der Waals surface area contributed by atoms with E-state index in [1.54, 1.807) is 11.3 Å². The van der Waals surface area contributed by atoms with Crippen molar-refractivity contribution in [2.24, 2.45) is 4.99 Å². The lowest BCUT2D eigenvalue weighted by atomic mass is 10.1. The average Bonchev–Trinajstić information content (AvgIpc) is 3.41. The van der Waals surface area contributed by atoms with Crippen LogP contribution in [-0.4, -0.2) is 48.7 Å². The third-order valence-corrected chi connectivity index (χ3v) is 6.29. The largest absolute Gasteiger partial charge is 0.383 e. The Bertz CT molecular complexity index is 731. The third kappa shape index (κ3) is 6.94. The van der Waals surface area contributed by atoms with Gasteiger partial charge in [-0.05, 0) is 56.8 Å². The molecule has 0 aliphatic carbocycles. The minimum absolute atomic E-state index is 0. The van der Waals surface area contributed by atoms with Gasteiger partial charge in [-0.15, -0.1) is 35.3 Å². The molecule has 0 radical (unpaired) electrons. The molecule has 3 rings (SSSR count). The standard InChI is InChI=1S/C22H32N4OS.HI/c1-3-23-21(25-17-22(2,27)20-12-9-15-28-20)24-16-19(26-13-7-8-14-26)18-10-5-4-6-11-18;/h4-6,9-12,15,19,27H,3,7-8,13-14,16-17H2,1-2H3,(H2,23,24,25);1H. The Hall–Kier alpha value is -1.16. The van der Waals surface area contributed by atoms with Crippen molar-refractivity contribution in [2.45, 2.75) is 38.3 Å². The Morgan fingerprint density at radius 1 is 1.17 bits per heavy atom. The second kappa shape index (κ2) is 11.9. The summed E-state index contributed by atoms with van der Waals surface area (Å²) in [6.45, 7) is 8.06. The topological polar surface area (TPSA) is 59.9 Å². The fourth-order valence-corrected chi connectivity index (χ4v) is 4.40. The number of rotatable bonds is 8. The quantitative estimate of drug-likeness (QED) is 0.276. The van der Waals surface area contributed by atoms with E-state index >= 15 is 0 Å². The number of nitrogens with zero attached hydrogens (tertiary/aromatic N) is 2. The van der Waals surface area contributed by atoms with Crippen LogP contribution in [0.2, 0.25) is 0 Å². The molecule has 2 unspecified atom stereocenters. The zero-order valence-electron chi connectivity index (χ0n) is 17.3. The van der Waals surface area contributed by atoms with E-state index in [4.69, 9.17) is 0 Å². The van der Waals surface area contributed by atoms with Crippen LogP contribution in [0, 0.1) is 0 Å². The number of hydrogen-bond acceptors (Lipinski definition) is 4. The monoisotopic (exact) mass is 528 g/mol. The summed E-state index contributed by atoms with van der Waals surface area (Å²) in [5.41, 5.74) is 0.378. The van der Waals surface area contributed by atoms with Crippen LogP contribution in [0.25, 0.3) is 0 Å². The molecule has 1 aromatic carbocycles. The normalized spacial score (nSPS) is 18.0. The summed E-state index contributed by atoms with van der Waals surface area (Å²) in [5, 5.41) is 19.6. The van der Waals surface area contributed by atoms with Gasteiger partial charge < -0.3 is 15.7 Å². The number of aliphatic hydroxyl groups is 1. The summed E-state index contributed by atoms with van der Waals surface area (Å²) >= 11 is 1.56. The lowest BCUT2D eigenvalue weighted by Gasteiger charge is -2.29. The highest BCUT2D eigenvalue weighted by molar-refractivity contribution is 14.0. The maximum Gasteiger partial charge on any atom is 0.191 e. The fourth-order valence-electron chi connectivity index (χ4n) is 3.62. The zero-order valence-corrected chi connectivity index (χ0v) is 20.5. The Labute approximate surface area is 195 Å². The molecule has 160 valence electrons. The van der Waals surface area contributed by atoms with Gasteiger partial charge in [-0.1, -0.05) is 36.4 Å². The highest BCUT2D eigenvalue weighted by Crippen LogP contribution is 2.26. The third-order valence-electron chi connectivity index (χ3n) is 5.17. The van der Waals surface area contributed by atoms with E-state index in [9.17, 15) is 5.11 Å². The van der Waals surface area contributed by atoms with Crippen molar-refractivity contribution in [3.8, 4) is 0 Å². The maximum atomic E-state index is 10.8. The smallest absolute Gasteiger partial charge is 0.191 e. The summed E-state index contributed by atoms with van der Waals surface area (Å²) in [5.74, 6) is 0.749. The van der Waals surface area contributed by atoms with Crippen LogP contribution in [0.3, 0.4) is 0 Å². The van der Waals surface area contributed by atoms with Crippen molar-refractivity contribution in [1.29, 1.82) is 0 Å². The van der Waals surface area contributed by atoms with Gasteiger partial charge in [-0.3, -0.25) is 4.90 Å². The van der Waals surface area contributed by atoms with E-state index in [1.807, 2.05) is 24.4 Å². The van der Waals surface area contributed by atoms with E-state index in [1.165, 1.54) is 18.4 Å². The summed E-state index contributed by atoms with van der Waals surface area (Å²) in [6.07, 6.45) is 2.53. The molecule has 1 aliphatic heterocycles. The molecule has 2 aromatic rings. The Morgan fingerprint density at radius 2 is 1.90 bits per heavy atom. The maximum absolute atomic E-state index is 10.8. The lowest BCUT2D eigenvalue weighted by Crippen LogP contribution is -2.43. The van der Waals surface area contributed by atoms with Gasteiger partial charge in [0, 0.05) is 18.0 Å². The molecule has 0 bridgehead atoms. The van der Waals surface area contributed by atoms with Crippen molar-refractivity contribution >= 4 is 41.3 Å². The first-order valence-corrected chi connectivity index (χ1v) is 11.1. The van der Waals surface area contributed by atoms with Gasteiger partial charge in [0.25, 0.3) is 0 Å². The average molecular weight is 529 g/mol. The van der Waals surface area contributed by atoms with Crippen LogP contribution in [0.1, 0.15) is 43.2 Å². The van der Waals surface area contributed by atoms with Crippen molar-refractivity contribution in [2.75, 3.05) is 32.7 Å². The van der Waals surface area contributed by atoms with Crippen LogP contribution in [0.4, 0.5) is 0 Å². The molecule has 7 heteroatoms. The number of thiophene rings is 1. The summed E-state index contributed by atoms with van der Waals surface area (Å²) < 4.78 is 0. The second-order valence-electron chi connectivity index (χ2n) is 7.50. The minimum atomic E-state index is -0.954. The van der Waals surface area contributed by atoms with Crippen LogP contribution >= 0.6 is 35.3 Å². The van der Waals surface area contributed by atoms with Gasteiger partial charge in [-0.25, -0.2) is 4.99 Å². The molecule has 0 spiro atoms. The molecule has 3 N–H and O–H groups in total. The number of guanidine groups is 1. The molecule has 1 aliphatic rings. The number of halogens is 1. The minimum Gasteiger partial charge on any atom is -0.383 e. The molecule has 29 heavy (non-hydrogen) atoms. The van der Waals surface area contributed by atoms with E-state index in [-0.39, 0.29) is 24.0 Å². The van der Waals surface area contributed by atoms with Gasteiger partial charge in [0.2, 0.25) is 0 Å². The van der Waals surface area contributed by atoms with E-state index in [2.05, 4.69) is 57.8 Å². The summed E-state index contributed by atoms with van der Waals surface area (Å²) in [6, 6.07) is 14.9. The molecule has 0 amide bonds. The number of likely N-dealkylation sites (tertiary alicyclic amines) is 1. The number of hydrogen-bond donors (Lipinski definition) is 3. The molecular formula is C22H33IN4OS. The van der Waals surface area contributed by atoms with E-state index < -0.39 is 5.60 Å². The molecule has 1 fully saturated rings. The molecule has 5 nitrogen and oxygen atoms in total. The molecule has 0 saturated carbocycles. The fraction of sp³-hybridized carbons (Fsp3) is 0.500. The predicted octanol–water partition coefficient (Wildman–Crippen LogP) is 3.97. The van der Waals surface area contributed by atoms with Gasteiger partial charge in [-0.2, -0.15) is 0 Å². The van der Waals surface area contributed by atoms with Gasteiger partial charge in [0.15, 0.2) is 5.96 Å². The Balaban J connectivity index is 0.00000300. The van der Waals surface area contributed by atoms with E-state index in [0.29, 0.717) is 12.6 Å². The number of nitrogens with one attached hydrogen (secondary N) is 2. The molecule has 2 heterocycles. The zero-order chi connectivity index (χ0) is 19.8. The van der Waals surface area contributed by atoms with Crippen molar-refractivity contribution in [3.05, 3.63) is 58.3 Å². The van der Waals surface area contributed by atoms with Gasteiger partial charge in [0.1, 0.15) is 5.60 Å². The van der Waals surface area contributed by atoms with Gasteiger partial charge >= 0.3 is 0 Å². The SMILES string of the molecule is CCNC(=NCC(C)(O)c1cccs1)NCC(c1ccccc1)N1CCCC1.I. The molecule has 1 saturated heterocycles. The first-order valence-electron chi connectivity index (χ1n) is 10.2. The summed E-state index contributed by atoms with van der Waals surface area (Å²) in [7, 11) is 0. The second-order valence-corrected chi connectivity index (χ2v) is 8.44. The van der Waals surface area contributed by atoms with Crippen LogP contribution in [-0.2, 0) is 5.60 Å². The van der Waals surface area contributed by atoms with Crippen molar-refractivity contribution < 1.29 is 5.11 Å². The first-order chi connectivity index (χ1) is 13.6. The highest BCUT2D eigenvalue weighted by atomic mass is 127. The highest BCUT2D eigenvalue weighted by Gasteiger charge is 2.25. The van der Waals surface area contributed by atoms with Crippen molar-refractivity contribution in [1.82, 2.24) is 15.5 Å². The Morgan fingerprint density at radius 3 is 2.52 bits per heavy atom. The molecule has 1 aromatic heterocycles. The predicted molar refractivity (Wildman–Crippen MR) is 133 cm³/mol.